The first-order valence-electron chi connectivity index (χ1n) is 9.73. The number of H-pyrrole nitrogens is 1. The smallest absolute Gasteiger partial charge is 0.138 e. The molecule has 0 spiro atoms. The number of hydrogen-bond acceptors (Lipinski definition) is 3. The van der Waals surface area contributed by atoms with Gasteiger partial charge < -0.3 is 14.6 Å². The van der Waals surface area contributed by atoms with Gasteiger partial charge in [-0.1, -0.05) is 6.07 Å². The zero-order valence-corrected chi connectivity index (χ0v) is 14.8. The number of ether oxygens (including phenoxy) is 1. The second-order valence-corrected chi connectivity index (χ2v) is 8.35. The monoisotopic (exact) mass is 345 g/mol. The van der Waals surface area contributed by atoms with Gasteiger partial charge in [-0.25, -0.2) is 0 Å². The molecular formula is C22H23N3O. The molecule has 0 radical (unpaired) electrons. The van der Waals surface area contributed by atoms with Crippen LogP contribution in [0.15, 0.2) is 48.9 Å². The van der Waals surface area contributed by atoms with Crippen LogP contribution in [0.4, 0.5) is 0 Å². The first-order chi connectivity index (χ1) is 12.8. The van der Waals surface area contributed by atoms with Gasteiger partial charge in [0.1, 0.15) is 11.9 Å². The average Bonchev–Trinajstić information content (AvgIpc) is 3.12. The van der Waals surface area contributed by atoms with E-state index in [1.54, 1.807) is 0 Å². The molecule has 2 atom stereocenters. The Balaban J connectivity index is 1.28. The van der Waals surface area contributed by atoms with Gasteiger partial charge in [-0.15, -0.1) is 0 Å². The van der Waals surface area contributed by atoms with E-state index >= 15 is 0 Å². The van der Waals surface area contributed by atoms with Crippen molar-refractivity contribution in [2.75, 3.05) is 19.6 Å². The van der Waals surface area contributed by atoms with E-state index in [9.17, 15) is 0 Å². The van der Waals surface area contributed by atoms with Crippen LogP contribution in [0.2, 0.25) is 0 Å². The Kier molecular flexibility index (Phi) is 3.18. The summed E-state index contributed by atoms with van der Waals surface area (Å²) < 4.78 is 6.53. The molecular weight excluding hydrogens is 322 g/mol. The van der Waals surface area contributed by atoms with E-state index in [2.05, 4.69) is 45.2 Å². The van der Waals surface area contributed by atoms with Crippen molar-refractivity contribution in [2.45, 2.75) is 18.9 Å². The maximum atomic E-state index is 6.53. The highest BCUT2D eigenvalue weighted by atomic mass is 16.5. The lowest BCUT2D eigenvalue weighted by Crippen LogP contribution is -2.61. The highest BCUT2D eigenvalue weighted by Gasteiger charge is 2.48. The van der Waals surface area contributed by atoms with Crippen molar-refractivity contribution in [1.82, 2.24) is 14.9 Å². The van der Waals surface area contributed by atoms with E-state index in [4.69, 9.17) is 4.74 Å². The molecule has 0 amide bonds. The van der Waals surface area contributed by atoms with Gasteiger partial charge in [0.25, 0.3) is 0 Å². The van der Waals surface area contributed by atoms with Gasteiger partial charge in [0.05, 0.1) is 6.20 Å². The normalized spacial score (nSPS) is 32.2. The van der Waals surface area contributed by atoms with Crippen molar-refractivity contribution in [3.05, 3.63) is 48.9 Å². The molecule has 4 aliphatic rings. The Morgan fingerprint density at radius 2 is 1.85 bits per heavy atom. The Bertz CT molecular complexity index is 935. The fourth-order valence-corrected chi connectivity index (χ4v) is 5.59. The van der Waals surface area contributed by atoms with E-state index in [0.29, 0.717) is 17.9 Å². The van der Waals surface area contributed by atoms with Gasteiger partial charge in [0.2, 0.25) is 0 Å². The molecule has 4 nitrogen and oxygen atoms in total. The fraction of sp³-hybridized carbons (Fsp3) is 0.409. The van der Waals surface area contributed by atoms with Crippen LogP contribution >= 0.6 is 0 Å². The standard InChI is InChI=1S/C22H23N3O/c1-2-21-16(3-4-24-21)7-15(1)17-8-20(10-23-9-17)26-22-18-5-14-6-19(22)13-25(11-14)12-18/h1-4,7-10,14,18-19,22,24H,5-6,11-13H2/t14?,18-,19-,22?/m1/s1. The number of nitrogens with zero attached hydrogens (tertiary/aromatic N) is 2. The van der Waals surface area contributed by atoms with Gasteiger partial charge in [-0.2, -0.15) is 0 Å². The lowest BCUT2D eigenvalue weighted by molar-refractivity contribution is -0.0985. The van der Waals surface area contributed by atoms with Crippen LogP contribution in [0.5, 0.6) is 5.75 Å². The van der Waals surface area contributed by atoms with Crippen molar-refractivity contribution in [2.24, 2.45) is 17.8 Å². The molecule has 4 bridgehead atoms. The van der Waals surface area contributed by atoms with E-state index in [1.165, 1.54) is 43.4 Å². The molecule has 4 heteroatoms. The number of nitrogens with one attached hydrogen (secondary N) is 1. The third kappa shape index (κ3) is 2.36. The van der Waals surface area contributed by atoms with Crippen LogP contribution in [0.3, 0.4) is 0 Å². The van der Waals surface area contributed by atoms with E-state index < -0.39 is 0 Å². The SMILES string of the molecule is c1cc2cc(-c3cncc(OC4[C@@H]5CC6C[C@@H]4CN(C6)C5)c3)ccc2[nH]1. The summed E-state index contributed by atoms with van der Waals surface area (Å²) in [5.74, 6) is 3.22. The maximum absolute atomic E-state index is 6.53. The molecule has 5 heterocycles. The molecule has 1 aliphatic carbocycles. The van der Waals surface area contributed by atoms with Gasteiger partial charge in [0.15, 0.2) is 0 Å². The summed E-state index contributed by atoms with van der Waals surface area (Å²) in [7, 11) is 0. The molecule has 3 aromatic rings. The molecule has 3 saturated heterocycles. The number of piperidine rings is 3. The highest BCUT2D eigenvalue weighted by molar-refractivity contribution is 5.85. The van der Waals surface area contributed by atoms with Crippen molar-refractivity contribution >= 4 is 10.9 Å². The van der Waals surface area contributed by atoms with Crippen LogP contribution in [0.1, 0.15) is 12.8 Å². The predicted molar refractivity (Wildman–Crippen MR) is 102 cm³/mol. The van der Waals surface area contributed by atoms with Gasteiger partial charge in [-0.05, 0) is 54.0 Å². The number of hydrogen-bond donors (Lipinski definition) is 1. The zero-order valence-electron chi connectivity index (χ0n) is 14.8. The number of fused-ring (bicyclic) bond motifs is 1. The Hall–Kier alpha value is -2.33. The minimum Gasteiger partial charge on any atom is -0.488 e. The summed E-state index contributed by atoms with van der Waals surface area (Å²) in [6.45, 7) is 3.75. The van der Waals surface area contributed by atoms with Crippen LogP contribution in [-0.4, -0.2) is 40.6 Å². The zero-order chi connectivity index (χ0) is 17.1. The van der Waals surface area contributed by atoms with E-state index in [1.807, 2.05) is 18.6 Å². The van der Waals surface area contributed by atoms with Crippen LogP contribution in [0.25, 0.3) is 22.0 Å². The molecule has 1 N–H and O–H groups in total. The predicted octanol–water partition coefficient (Wildman–Crippen LogP) is 3.95. The number of benzene rings is 1. The van der Waals surface area contributed by atoms with E-state index in [0.717, 1.165) is 22.7 Å². The van der Waals surface area contributed by atoms with Crippen molar-refractivity contribution in [1.29, 1.82) is 0 Å². The molecule has 3 aliphatic heterocycles. The fourth-order valence-electron chi connectivity index (χ4n) is 5.59. The second-order valence-electron chi connectivity index (χ2n) is 8.35. The minimum absolute atomic E-state index is 0.368. The van der Waals surface area contributed by atoms with Crippen molar-refractivity contribution in [3.8, 4) is 16.9 Å². The Labute approximate surface area is 153 Å². The summed E-state index contributed by atoms with van der Waals surface area (Å²) in [5, 5.41) is 1.23. The maximum Gasteiger partial charge on any atom is 0.138 e. The Morgan fingerprint density at radius 1 is 0.962 bits per heavy atom. The second kappa shape index (κ2) is 5.58. The largest absolute Gasteiger partial charge is 0.488 e. The molecule has 2 aromatic heterocycles. The number of rotatable bonds is 3. The molecule has 26 heavy (non-hydrogen) atoms. The summed E-state index contributed by atoms with van der Waals surface area (Å²) >= 11 is 0. The summed E-state index contributed by atoms with van der Waals surface area (Å²) in [4.78, 5) is 10.4. The lowest BCUT2D eigenvalue weighted by atomic mass is 9.66. The molecule has 0 unspecified atom stereocenters. The van der Waals surface area contributed by atoms with Crippen molar-refractivity contribution < 1.29 is 4.74 Å². The van der Waals surface area contributed by atoms with E-state index in [-0.39, 0.29) is 0 Å². The molecule has 1 aromatic carbocycles. The van der Waals surface area contributed by atoms with Crippen molar-refractivity contribution in [3.63, 3.8) is 0 Å². The van der Waals surface area contributed by atoms with Crippen LogP contribution < -0.4 is 4.74 Å². The summed E-state index contributed by atoms with van der Waals surface area (Å²) in [6.07, 6.45) is 8.85. The number of aromatic amines is 1. The third-order valence-corrected chi connectivity index (χ3v) is 6.58. The lowest BCUT2D eigenvalue weighted by Gasteiger charge is -2.55. The topological polar surface area (TPSA) is 41.1 Å². The molecule has 4 fully saturated rings. The molecule has 7 rings (SSSR count). The van der Waals surface area contributed by atoms with Crippen LogP contribution in [-0.2, 0) is 0 Å². The van der Waals surface area contributed by atoms with Gasteiger partial charge >= 0.3 is 0 Å². The van der Waals surface area contributed by atoms with Crippen LogP contribution in [0, 0.1) is 17.8 Å². The number of pyridine rings is 1. The van der Waals surface area contributed by atoms with Gasteiger partial charge in [-0.3, -0.25) is 4.98 Å². The summed E-state index contributed by atoms with van der Waals surface area (Å²) in [6, 6.07) is 10.8. The quantitative estimate of drug-likeness (QED) is 0.781. The molecule has 132 valence electrons. The molecule has 1 saturated carbocycles. The average molecular weight is 345 g/mol. The first-order valence-corrected chi connectivity index (χ1v) is 9.73. The Morgan fingerprint density at radius 3 is 2.69 bits per heavy atom. The minimum atomic E-state index is 0.368. The third-order valence-electron chi connectivity index (χ3n) is 6.58. The number of aromatic nitrogens is 2. The first kappa shape index (κ1) is 14.8. The summed E-state index contributed by atoms with van der Waals surface area (Å²) in [5.41, 5.74) is 3.47. The van der Waals surface area contributed by atoms with Gasteiger partial charge in [0, 0.05) is 54.9 Å². The highest BCUT2D eigenvalue weighted by Crippen LogP contribution is 2.45.